The van der Waals surface area contributed by atoms with Gasteiger partial charge in [0.2, 0.25) is 12.7 Å². The van der Waals surface area contributed by atoms with Gasteiger partial charge in [-0.05, 0) is 25.3 Å². The number of amides is 3. The van der Waals surface area contributed by atoms with E-state index in [0.717, 1.165) is 4.90 Å². The topological polar surface area (TPSA) is 155 Å². The zero-order chi connectivity index (χ0) is 24.9. The van der Waals surface area contributed by atoms with Gasteiger partial charge in [0.25, 0.3) is 0 Å². The number of nitrogens with zero attached hydrogens (tertiary/aromatic N) is 2. The van der Waals surface area contributed by atoms with E-state index >= 15 is 0 Å². The first-order chi connectivity index (χ1) is 15.5. The highest BCUT2D eigenvalue weighted by atomic mass is 19.1. The fraction of sp³-hybridized carbons (Fsp3) is 0.650. The molecule has 2 N–H and O–H groups in total. The lowest BCUT2D eigenvalue weighted by Crippen LogP contribution is -2.48. The van der Waals surface area contributed by atoms with Gasteiger partial charge in [-0.3, -0.25) is 14.4 Å². The number of hydrogen-bond donors (Lipinski definition) is 1. The van der Waals surface area contributed by atoms with Gasteiger partial charge in [-0.2, -0.15) is 5.06 Å². The summed E-state index contributed by atoms with van der Waals surface area (Å²) in [4.78, 5) is 65.6. The highest BCUT2D eigenvalue weighted by Crippen LogP contribution is 2.30. The summed E-state index contributed by atoms with van der Waals surface area (Å²) >= 11 is 0. The highest BCUT2D eigenvalue weighted by Gasteiger charge is 2.48. The second kappa shape index (κ2) is 11.1. The monoisotopic (exact) mass is 473 g/mol. The zero-order valence-corrected chi connectivity index (χ0v) is 18.8. The van der Waals surface area contributed by atoms with Crippen LogP contribution in [0.2, 0.25) is 0 Å². The molecule has 0 aliphatic carbocycles. The molecule has 2 rings (SSSR count). The fourth-order valence-electron chi connectivity index (χ4n) is 3.54. The minimum Gasteiger partial charge on any atom is -0.466 e. The van der Waals surface area contributed by atoms with Gasteiger partial charge < -0.3 is 24.8 Å². The Hall–Kier alpha value is -3.22. The molecule has 2 aliphatic rings. The van der Waals surface area contributed by atoms with Crippen molar-refractivity contribution < 1.29 is 47.4 Å². The molecule has 13 heteroatoms. The van der Waals surface area contributed by atoms with E-state index in [9.17, 15) is 28.4 Å². The molecule has 1 saturated heterocycles. The number of fused-ring (bicyclic) bond motifs is 2. The SMILES string of the molecule is CCOC(=O)C(CC(=O)OCOC(=O)[C@@H](F)ON1C(=O)N2C[C@H]1C=C(C)[C@H]2C(N)=O)C(C)C. The van der Waals surface area contributed by atoms with E-state index in [-0.39, 0.29) is 25.5 Å². The lowest BCUT2D eigenvalue weighted by molar-refractivity contribution is -0.228. The number of alkyl halides is 1. The van der Waals surface area contributed by atoms with Crippen LogP contribution in [0.5, 0.6) is 0 Å². The Kier molecular flexibility index (Phi) is 8.74. The third kappa shape index (κ3) is 6.18. The number of halogens is 1. The maximum Gasteiger partial charge on any atom is 0.373 e. The van der Waals surface area contributed by atoms with E-state index in [1.807, 2.05) is 0 Å². The molecule has 4 atom stereocenters. The van der Waals surface area contributed by atoms with Crippen LogP contribution in [-0.2, 0) is 38.2 Å². The van der Waals surface area contributed by atoms with Gasteiger partial charge in [0.05, 0.1) is 31.5 Å². The van der Waals surface area contributed by atoms with Gasteiger partial charge in [-0.15, -0.1) is 0 Å². The third-order valence-corrected chi connectivity index (χ3v) is 5.18. The molecule has 3 amide bonds. The molecule has 0 aromatic heterocycles. The Morgan fingerprint density at radius 1 is 1.18 bits per heavy atom. The molecule has 2 bridgehead atoms. The standard InChI is InChI=1S/C20H28FN3O9/c1-5-30-18(27)13(10(2)3)7-14(25)31-9-32-19(28)16(21)33-24-12-6-11(4)15(17(22)26)23(8-12)20(24)29/h6,10,12-13,15-16H,5,7-9H2,1-4H3,(H2,22,26)/t12-,13?,15+,16+/m1/s1. The van der Waals surface area contributed by atoms with Crippen LogP contribution >= 0.6 is 0 Å². The van der Waals surface area contributed by atoms with E-state index in [2.05, 4.69) is 4.74 Å². The van der Waals surface area contributed by atoms with Gasteiger partial charge >= 0.3 is 30.3 Å². The van der Waals surface area contributed by atoms with Crippen LogP contribution < -0.4 is 5.73 Å². The molecule has 12 nitrogen and oxygen atoms in total. The van der Waals surface area contributed by atoms with Crippen LogP contribution in [0, 0.1) is 11.8 Å². The molecular formula is C20H28FN3O9. The average molecular weight is 473 g/mol. The molecule has 2 aliphatic heterocycles. The number of primary amides is 1. The minimum absolute atomic E-state index is 0.0284. The Bertz CT molecular complexity index is 832. The number of rotatable bonds is 11. The maximum atomic E-state index is 14.2. The molecule has 0 radical (unpaired) electrons. The molecule has 0 aromatic rings. The van der Waals surface area contributed by atoms with Crippen molar-refractivity contribution >= 4 is 29.8 Å². The first-order valence-electron chi connectivity index (χ1n) is 10.3. The molecular weight excluding hydrogens is 445 g/mol. The number of carbonyl (C=O) groups excluding carboxylic acids is 5. The van der Waals surface area contributed by atoms with Crippen LogP contribution in [0.1, 0.15) is 34.1 Å². The second-order valence-electron chi connectivity index (χ2n) is 7.87. The van der Waals surface area contributed by atoms with Crippen LogP contribution in [0.15, 0.2) is 11.6 Å². The predicted octanol–water partition coefficient (Wildman–Crippen LogP) is 0.403. The highest BCUT2D eigenvalue weighted by molar-refractivity contribution is 5.90. The summed E-state index contributed by atoms with van der Waals surface area (Å²) in [6.07, 6.45) is -1.49. The van der Waals surface area contributed by atoms with Crippen LogP contribution in [0.25, 0.3) is 0 Å². The number of urea groups is 1. The summed E-state index contributed by atoms with van der Waals surface area (Å²) < 4.78 is 28.4. The van der Waals surface area contributed by atoms with Crippen molar-refractivity contribution in [2.75, 3.05) is 19.9 Å². The number of ether oxygens (including phenoxy) is 3. The predicted molar refractivity (Wildman–Crippen MR) is 107 cm³/mol. The van der Waals surface area contributed by atoms with Crippen LogP contribution in [0.3, 0.4) is 0 Å². The summed E-state index contributed by atoms with van der Waals surface area (Å²) in [6.45, 7) is 5.95. The molecule has 2 heterocycles. The third-order valence-electron chi connectivity index (χ3n) is 5.18. The Morgan fingerprint density at radius 3 is 2.42 bits per heavy atom. The Labute approximate surface area is 189 Å². The van der Waals surface area contributed by atoms with Crippen molar-refractivity contribution in [3.63, 3.8) is 0 Å². The van der Waals surface area contributed by atoms with Gasteiger partial charge in [-0.1, -0.05) is 19.9 Å². The van der Waals surface area contributed by atoms with Crippen molar-refractivity contribution in [2.45, 2.75) is 52.6 Å². The molecule has 0 saturated carbocycles. The smallest absolute Gasteiger partial charge is 0.373 e. The van der Waals surface area contributed by atoms with Crippen LogP contribution in [-0.4, -0.2) is 78.2 Å². The molecule has 0 aromatic carbocycles. The largest absolute Gasteiger partial charge is 0.466 e. The number of hydrogen-bond acceptors (Lipinski definition) is 9. The summed E-state index contributed by atoms with van der Waals surface area (Å²) in [5.41, 5.74) is 5.80. The number of esters is 3. The van der Waals surface area contributed by atoms with Crippen molar-refractivity contribution in [2.24, 2.45) is 17.6 Å². The van der Waals surface area contributed by atoms with Crippen LogP contribution in [0.4, 0.5) is 9.18 Å². The average Bonchev–Trinajstić information content (AvgIpc) is 2.96. The minimum atomic E-state index is -2.70. The van der Waals surface area contributed by atoms with E-state index in [1.54, 1.807) is 27.7 Å². The molecule has 184 valence electrons. The second-order valence-corrected chi connectivity index (χ2v) is 7.87. The van der Waals surface area contributed by atoms with Crippen molar-refractivity contribution in [1.82, 2.24) is 9.96 Å². The van der Waals surface area contributed by atoms with E-state index in [1.165, 1.54) is 6.08 Å². The molecule has 1 fully saturated rings. The van der Waals surface area contributed by atoms with E-state index in [4.69, 9.17) is 20.0 Å². The van der Waals surface area contributed by atoms with Gasteiger partial charge in [0.1, 0.15) is 6.04 Å². The van der Waals surface area contributed by atoms with E-state index < -0.39 is 61.0 Å². The van der Waals surface area contributed by atoms with Gasteiger partial charge in [0.15, 0.2) is 0 Å². The number of carbonyl (C=O) groups is 5. The zero-order valence-electron chi connectivity index (χ0n) is 18.8. The first kappa shape index (κ1) is 26.0. The van der Waals surface area contributed by atoms with Crippen molar-refractivity contribution in [3.8, 4) is 0 Å². The number of hydroxylamine groups is 2. The first-order valence-corrected chi connectivity index (χ1v) is 10.3. The van der Waals surface area contributed by atoms with Gasteiger partial charge in [0, 0.05) is 0 Å². The van der Waals surface area contributed by atoms with Crippen molar-refractivity contribution in [3.05, 3.63) is 11.6 Å². The molecule has 1 unspecified atom stereocenters. The fourth-order valence-corrected chi connectivity index (χ4v) is 3.54. The summed E-state index contributed by atoms with van der Waals surface area (Å²) in [5, 5.41) is 0.622. The Balaban J connectivity index is 1.83. The summed E-state index contributed by atoms with van der Waals surface area (Å²) in [5.74, 6) is -4.65. The van der Waals surface area contributed by atoms with Gasteiger partial charge in [-0.25, -0.2) is 18.8 Å². The van der Waals surface area contributed by atoms with E-state index in [0.29, 0.717) is 10.6 Å². The lowest BCUT2D eigenvalue weighted by atomic mass is 9.93. The molecule has 0 spiro atoms. The number of nitrogens with two attached hydrogens (primary N) is 1. The normalized spacial score (nSPS) is 21.4. The maximum absolute atomic E-state index is 14.2. The lowest BCUT2D eigenvalue weighted by Gasteiger charge is -2.27. The van der Waals surface area contributed by atoms with Crippen molar-refractivity contribution in [1.29, 1.82) is 0 Å². The molecule has 33 heavy (non-hydrogen) atoms. The summed E-state index contributed by atoms with van der Waals surface area (Å²) in [6, 6.07) is -2.55. The summed E-state index contributed by atoms with van der Waals surface area (Å²) in [7, 11) is 0. The Morgan fingerprint density at radius 2 is 1.85 bits per heavy atom. The quantitative estimate of drug-likeness (QED) is 0.255.